The molecule has 1 heterocycles. The molecule has 6 heteroatoms. The van der Waals surface area contributed by atoms with Gasteiger partial charge in [-0.3, -0.25) is 0 Å². The lowest BCUT2D eigenvalue weighted by Crippen LogP contribution is -2.30. The highest BCUT2D eigenvalue weighted by Gasteiger charge is 2.28. The molecule has 2 unspecified atom stereocenters. The Balaban J connectivity index is 1.65. The summed E-state index contributed by atoms with van der Waals surface area (Å²) in [7, 11) is 0. The number of aliphatic carboxylic acids is 1. The fourth-order valence-corrected chi connectivity index (χ4v) is 3.98. The average molecular weight is 438 g/mol. The van der Waals surface area contributed by atoms with Gasteiger partial charge in [0.25, 0.3) is 0 Å². The minimum atomic E-state index is -0.939. The molecule has 0 radical (unpaired) electrons. The molecule has 0 aliphatic heterocycles. The zero-order valence-electron chi connectivity index (χ0n) is 18.8. The van der Waals surface area contributed by atoms with Gasteiger partial charge in [-0.1, -0.05) is 19.1 Å². The fourth-order valence-electron chi connectivity index (χ4n) is 3.98. The SMILES string of the molecule is CCOC(C(=O)O)C(CC)c1ccc(OCCn2c(C)ccc2-c2ccc(O)cc2)cc1. The Hall–Kier alpha value is -3.25. The van der Waals surface area contributed by atoms with E-state index in [0.717, 1.165) is 28.3 Å². The highest BCUT2D eigenvalue weighted by atomic mass is 16.5. The summed E-state index contributed by atoms with van der Waals surface area (Å²) in [5.41, 5.74) is 4.17. The molecule has 0 amide bonds. The maximum atomic E-state index is 11.6. The van der Waals surface area contributed by atoms with E-state index in [1.165, 1.54) is 0 Å². The van der Waals surface area contributed by atoms with E-state index < -0.39 is 12.1 Å². The number of nitrogens with zero attached hydrogens (tertiary/aromatic N) is 1. The van der Waals surface area contributed by atoms with Crippen molar-refractivity contribution >= 4 is 5.97 Å². The molecule has 0 bridgehead atoms. The number of rotatable bonds is 11. The molecule has 3 aromatic rings. The number of hydrogen-bond donors (Lipinski definition) is 2. The third-order valence-corrected chi connectivity index (χ3v) is 5.65. The van der Waals surface area contributed by atoms with E-state index >= 15 is 0 Å². The minimum Gasteiger partial charge on any atom is -0.508 e. The molecule has 2 atom stereocenters. The Kier molecular flexibility index (Phi) is 7.95. The van der Waals surface area contributed by atoms with E-state index in [9.17, 15) is 15.0 Å². The van der Waals surface area contributed by atoms with Crippen molar-refractivity contribution in [3.8, 4) is 22.8 Å². The molecule has 0 spiro atoms. The van der Waals surface area contributed by atoms with Crippen molar-refractivity contribution in [2.75, 3.05) is 13.2 Å². The van der Waals surface area contributed by atoms with Crippen LogP contribution in [0.1, 0.15) is 37.4 Å². The summed E-state index contributed by atoms with van der Waals surface area (Å²) >= 11 is 0. The third kappa shape index (κ3) is 5.51. The Morgan fingerprint density at radius 1 is 1.00 bits per heavy atom. The van der Waals surface area contributed by atoms with Crippen molar-refractivity contribution in [3.05, 3.63) is 71.9 Å². The normalized spacial score (nSPS) is 13.0. The van der Waals surface area contributed by atoms with Crippen LogP contribution in [-0.4, -0.2) is 40.1 Å². The zero-order valence-corrected chi connectivity index (χ0v) is 18.8. The highest BCUT2D eigenvalue weighted by Crippen LogP contribution is 2.28. The first-order valence-corrected chi connectivity index (χ1v) is 11.0. The van der Waals surface area contributed by atoms with Crippen molar-refractivity contribution in [3.63, 3.8) is 0 Å². The molecule has 0 fully saturated rings. The predicted molar refractivity (Wildman–Crippen MR) is 124 cm³/mol. The molecular formula is C26H31NO5. The van der Waals surface area contributed by atoms with Gasteiger partial charge in [-0.05, 0) is 79.9 Å². The molecule has 2 N–H and O–H groups in total. The lowest BCUT2D eigenvalue weighted by Gasteiger charge is -2.23. The summed E-state index contributed by atoms with van der Waals surface area (Å²) in [4.78, 5) is 11.6. The second-order valence-corrected chi connectivity index (χ2v) is 7.70. The molecule has 6 nitrogen and oxygen atoms in total. The fraction of sp³-hybridized carbons (Fsp3) is 0.346. The number of ether oxygens (including phenoxy) is 2. The van der Waals surface area contributed by atoms with Gasteiger partial charge >= 0.3 is 5.97 Å². The number of benzene rings is 2. The van der Waals surface area contributed by atoms with E-state index in [2.05, 4.69) is 23.6 Å². The van der Waals surface area contributed by atoms with Gasteiger partial charge in [0.15, 0.2) is 6.10 Å². The molecule has 2 aromatic carbocycles. The number of hydrogen-bond acceptors (Lipinski definition) is 4. The van der Waals surface area contributed by atoms with Crippen LogP contribution in [0.15, 0.2) is 60.7 Å². The molecule has 170 valence electrons. The topological polar surface area (TPSA) is 80.9 Å². The van der Waals surface area contributed by atoms with Crippen LogP contribution in [0.25, 0.3) is 11.3 Å². The first-order valence-electron chi connectivity index (χ1n) is 11.0. The van der Waals surface area contributed by atoms with Crippen LogP contribution in [0.3, 0.4) is 0 Å². The van der Waals surface area contributed by atoms with Crippen LogP contribution in [0.5, 0.6) is 11.5 Å². The number of carbonyl (C=O) groups is 1. The summed E-state index contributed by atoms with van der Waals surface area (Å²) in [5, 5.41) is 19.0. The summed E-state index contributed by atoms with van der Waals surface area (Å²) in [6.45, 7) is 7.36. The minimum absolute atomic E-state index is 0.211. The van der Waals surface area contributed by atoms with Crippen LogP contribution in [0.2, 0.25) is 0 Å². The van der Waals surface area contributed by atoms with Crippen LogP contribution in [-0.2, 0) is 16.1 Å². The third-order valence-electron chi connectivity index (χ3n) is 5.65. The molecule has 0 aliphatic carbocycles. The van der Waals surface area contributed by atoms with Gasteiger partial charge in [0.1, 0.15) is 18.1 Å². The van der Waals surface area contributed by atoms with Crippen molar-refractivity contribution < 1.29 is 24.5 Å². The van der Waals surface area contributed by atoms with Gasteiger partial charge in [-0.25, -0.2) is 4.79 Å². The Labute approximate surface area is 189 Å². The Morgan fingerprint density at radius 3 is 2.28 bits per heavy atom. The quantitative estimate of drug-likeness (QED) is 0.429. The van der Waals surface area contributed by atoms with Crippen LogP contribution in [0, 0.1) is 6.92 Å². The first kappa shape index (κ1) is 23.4. The van der Waals surface area contributed by atoms with E-state index in [-0.39, 0.29) is 11.7 Å². The number of aromatic nitrogens is 1. The molecule has 3 rings (SSSR count). The summed E-state index contributed by atoms with van der Waals surface area (Å²) in [5.74, 6) is -0.165. The number of carboxylic acids is 1. The lowest BCUT2D eigenvalue weighted by atomic mass is 9.91. The predicted octanol–water partition coefficient (Wildman–Crippen LogP) is 5.23. The van der Waals surface area contributed by atoms with Gasteiger partial charge in [0, 0.05) is 23.9 Å². The number of aryl methyl sites for hydroxylation is 1. The van der Waals surface area contributed by atoms with E-state index in [0.29, 0.717) is 26.2 Å². The lowest BCUT2D eigenvalue weighted by molar-refractivity contribution is -0.151. The number of phenolic OH excluding ortho intramolecular Hbond substituents is 1. The Morgan fingerprint density at radius 2 is 1.69 bits per heavy atom. The highest BCUT2D eigenvalue weighted by molar-refractivity contribution is 5.73. The first-order chi connectivity index (χ1) is 15.4. The molecule has 0 saturated carbocycles. The van der Waals surface area contributed by atoms with E-state index in [4.69, 9.17) is 9.47 Å². The van der Waals surface area contributed by atoms with E-state index in [1.54, 1.807) is 19.1 Å². The number of aromatic hydroxyl groups is 1. The molecule has 1 aromatic heterocycles. The van der Waals surface area contributed by atoms with Crippen LogP contribution in [0.4, 0.5) is 0 Å². The Bertz CT molecular complexity index is 1010. The molecular weight excluding hydrogens is 406 g/mol. The summed E-state index contributed by atoms with van der Waals surface area (Å²) in [6.07, 6.45) is -0.184. The van der Waals surface area contributed by atoms with Crippen molar-refractivity contribution in [1.29, 1.82) is 0 Å². The maximum absolute atomic E-state index is 11.6. The largest absolute Gasteiger partial charge is 0.508 e. The van der Waals surface area contributed by atoms with Gasteiger partial charge in [-0.15, -0.1) is 0 Å². The van der Waals surface area contributed by atoms with Crippen molar-refractivity contribution in [1.82, 2.24) is 4.57 Å². The molecule has 0 aliphatic rings. The van der Waals surface area contributed by atoms with Gasteiger partial charge < -0.3 is 24.3 Å². The van der Waals surface area contributed by atoms with Crippen molar-refractivity contribution in [2.45, 2.75) is 45.8 Å². The zero-order chi connectivity index (χ0) is 23.1. The van der Waals surface area contributed by atoms with Gasteiger partial charge in [-0.2, -0.15) is 0 Å². The van der Waals surface area contributed by atoms with Gasteiger partial charge in [0.2, 0.25) is 0 Å². The monoisotopic (exact) mass is 437 g/mol. The maximum Gasteiger partial charge on any atom is 0.333 e. The van der Waals surface area contributed by atoms with E-state index in [1.807, 2.05) is 43.3 Å². The summed E-state index contributed by atoms with van der Waals surface area (Å²) in [6, 6.07) is 18.9. The van der Waals surface area contributed by atoms with Crippen LogP contribution >= 0.6 is 0 Å². The summed E-state index contributed by atoms with van der Waals surface area (Å²) < 4.78 is 13.6. The average Bonchev–Trinajstić information content (AvgIpc) is 3.15. The van der Waals surface area contributed by atoms with Gasteiger partial charge in [0.05, 0.1) is 6.54 Å². The van der Waals surface area contributed by atoms with Crippen LogP contribution < -0.4 is 4.74 Å². The molecule has 0 saturated heterocycles. The van der Waals surface area contributed by atoms with Crippen molar-refractivity contribution in [2.24, 2.45) is 0 Å². The second kappa shape index (κ2) is 10.9. The number of phenols is 1. The number of carboxylic acid groups (broad SMARTS) is 1. The second-order valence-electron chi connectivity index (χ2n) is 7.70. The molecule has 32 heavy (non-hydrogen) atoms. The smallest absolute Gasteiger partial charge is 0.333 e. The standard InChI is InChI=1S/C26H31NO5/c1-4-23(25(26(29)30)31-5-2)19-9-13-22(14-10-19)32-17-16-27-18(3)6-15-24(27)20-7-11-21(28)12-8-20/h6-15,23,25,28H,4-5,16-17H2,1-3H3,(H,29,30).